The number of carbonyl (C=O) groups is 3. The molecule has 9 nitrogen and oxygen atoms in total. The van der Waals surface area contributed by atoms with E-state index in [9.17, 15) is 14.4 Å². The van der Waals surface area contributed by atoms with Crippen molar-refractivity contribution >= 4 is 17.9 Å². The Kier molecular flexibility index (Phi) is 13.3. The fraction of sp³-hybridized carbons (Fsp3) is 0.571. The number of esters is 3. The highest BCUT2D eigenvalue weighted by molar-refractivity contribution is 5.83. The van der Waals surface area contributed by atoms with Crippen molar-refractivity contribution in [3.05, 3.63) is 38.0 Å². The molecule has 9 heteroatoms. The third-order valence-electron chi connectivity index (χ3n) is 3.40. The van der Waals surface area contributed by atoms with Crippen molar-refractivity contribution < 1.29 is 42.8 Å². The summed E-state index contributed by atoms with van der Waals surface area (Å²) in [7, 11) is 0. The van der Waals surface area contributed by atoms with Crippen molar-refractivity contribution in [2.75, 3.05) is 26.4 Å². The van der Waals surface area contributed by atoms with Gasteiger partial charge in [0.2, 0.25) is 0 Å². The fourth-order valence-electron chi connectivity index (χ4n) is 2.08. The number of carbonyl (C=O) groups excluding carboxylic acids is 3. The molecule has 0 aromatic carbocycles. The minimum atomic E-state index is -2.39. The number of ether oxygens (including phenoxy) is 6. The van der Waals surface area contributed by atoms with Crippen LogP contribution in [0, 0.1) is 0 Å². The summed E-state index contributed by atoms with van der Waals surface area (Å²) in [4.78, 5) is 36.1. The lowest BCUT2D eigenvalue weighted by Crippen LogP contribution is -2.66. The quantitative estimate of drug-likeness (QED) is 0.150. The molecular formula is C21H32O9. The van der Waals surface area contributed by atoms with Gasteiger partial charge >= 0.3 is 29.7 Å². The van der Waals surface area contributed by atoms with Crippen LogP contribution in [0.1, 0.15) is 40.0 Å². The number of hydrogen-bond acceptors (Lipinski definition) is 9. The zero-order valence-corrected chi connectivity index (χ0v) is 18.0. The van der Waals surface area contributed by atoms with Gasteiger partial charge in [-0.3, -0.25) is 0 Å². The second-order valence-corrected chi connectivity index (χ2v) is 5.92. The van der Waals surface area contributed by atoms with E-state index in [0.29, 0.717) is 19.3 Å². The molecule has 0 aliphatic heterocycles. The van der Waals surface area contributed by atoms with Gasteiger partial charge in [-0.2, -0.15) is 0 Å². The van der Waals surface area contributed by atoms with Crippen LogP contribution >= 0.6 is 0 Å². The second-order valence-electron chi connectivity index (χ2n) is 5.92. The lowest BCUT2D eigenvalue weighted by Gasteiger charge is -2.44. The lowest BCUT2D eigenvalue weighted by molar-refractivity contribution is -0.479. The molecule has 0 rings (SSSR count). The van der Waals surface area contributed by atoms with Gasteiger partial charge < -0.3 is 28.4 Å². The molecule has 0 aromatic heterocycles. The number of hydrogen-bond donors (Lipinski definition) is 0. The zero-order chi connectivity index (χ0) is 23.0. The monoisotopic (exact) mass is 428 g/mol. The highest BCUT2D eigenvalue weighted by Crippen LogP contribution is 2.36. The first-order chi connectivity index (χ1) is 14.3. The van der Waals surface area contributed by atoms with E-state index in [1.54, 1.807) is 6.92 Å². The summed E-state index contributed by atoms with van der Waals surface area (Å²) in [6.07, 6.45) is 4.14. The average molecular weight is 428 g/mol. The molecule has 1 unspecified atom stereocenters. The first kappa shape index (κ1) is 27.5. The van der Waals surface area contributed by atoms with Gasteiger partial charge in [-0.25, -0.2) is 14.4 Å². The standard InChI is InChI=1S/C21H32O9/c1-7-13-26-20(29-18(23)11-5,16-25-17(22)10-4)21(27-14-8-2,28-15-9-3)30-19(24)12-6/h10-12H,4-9,13-16H2,1-3H3. The minimum absolute atomic E-state index is 0.0222. The molecule has 0 saturated carbocycles. The Morgan fingerprint density at radius 3 is 1.57 bits per heavy atom. The summed E-state index contributed by atoms with van der Waals surface area (Å²) < 4.78 is 33.3. The van der Waals surface area contributed by atoms with Gasteiger partial charge in [-0.05, 0) is 19.3 Å². The van der Waals surface area contributed by atoms with Crippen LogP contribution < -0.4 is 0 Å². The predicted octanol–water partition coefficient (Wildman–Crippen LogP) is 2.80. The SMILES string of the molecule is C=CC(=O)OCC(OCCC)(OC(=O)C=C)C(OCCC)(OCCC)OC(=O)C=C. The minimum Gasteiger partial charge on any atom is -0.455 e. The van der Waals surface area contributed by atoms with Crippen LogP contribution in [0.15, 0.2) is 38.0 Å². The Morgan fingerprint density at radius 1 is 0.700 bits per heavy atom. The van der Waals surface area contributed by atoms with Gasteiger partial charge in [0.15, 0.2) is 6.61 Å². The smallest absolute Gasteiger partial charge is 0.403 e. The summed E-state index contributed by atoms with van der Waals surface area (Å²) in [5.41, 5.74) is 0. The maximum Gasteiger partial charge on any atom is 0.403 e. The maximum atomic E-state index is 12.2. The van der Waals surface area contributed by atoms with Crippen LogP contribution in [0.5, 0.6) is 0 Å². The van der Waals surface area contributed by atoms with Crippen LogP contribution in [0.25, 0.3) is 0 Å². The molecule has 0 heterocycles. The third-order valence-corrected chi connectivity index (χ3v) is 3.40. The fourth-order valence-corrected chi connectivity index (χ4v) is 2.08. The largest absolute Gasteiger partial charge is 0.455 e. The molecule has 0 amide bonds. The van der Waals surface area contributed by atoms with Crippen molar-refractivity contribution in [3.8, 4) is 0 Å². The van der Waals surface area contributed by atoms with Crippen LogP contribution in [0.3, 0.4) is 0 Å². The van der Waals surface area contributed by atoms with Gasteiger partial charge in [0, 0.05) is 18.2 Å². The maximum absolute atomic E-state index is 12.2. The molecule has 0 spiro atoms. The van der Waals surface area contributed by atoms with E-state index >= 15 is 0 Å². The van der Waals surface area contributed by atoms with Crippen molar-refractivity contribution in [1.82, 2.24) is 0 Å². The van der Waals surface area contributed by atoms with E-state index in [1.807, 2.05) is 13.8 Å². The second kappa shape index (κ2) is 14.5. The van der Waals surface area contributed by atoms with E-state index in [2.05, 4.69) is 19.7 Å². The van der Waals surface area contributed by atoms with Crippen molar-refractivity contribution in [2.24, 2.45) is 0 Å². The third kappa shape index (κ3) is 8.10. The molecule has 1 atom stereocenters. The molecule has 0 radical (unpaired) electrons. The summed E-state index contributed by atoms with van der Waals surface area (Å²) in [5, 5.41) is 0. The van der Waals surface area contributed by atoms with E-state index in [0.717, 1.165) is 18.2 Å². The molecule has 0 aliphatic rings. The molecule has 0 saturated heterocycles. The molecule has 0 N–H and O–H groups in total. The average Bonchev–Trinajstić information content (AvgIpc) is 2.76. The topological polar surface area (TPSA) is 107 Å². The first-order valence-electron chi connectivity index (χ1n) is 9.72. The van der Waals surface area contributed by atoms with Crippen molar-refractivity contribution in [3.63, 3.8) is 0 Å². The Hall–Kier alpha value is -2.49. The van der Waals surface area contributed by atoms with Gasteiger partial charge in [-0.1, -0.05) is 40.5 Å². The Bertz CT molecular complexity index is 591. The van der Waals surface area contributed by atoms with Crippen molar-refractivity contribution in [1.29, 1.82) is 0 Å². The van der Waals surface area contributed by atoms with Gasteiger partial charge in [-0.15, -0.1) is 0 Å². The summed E-state index contributed by atoms with van der Waals surface area (Å²) in [6, 6.07) is 0. The van der Waals surface area contributed by atoms with Gasteiger partial charge in [0.25, 0.3) is 0 Å². The first-order valence-corrected chi connectivity index (χ1v) is 9.72. The highest BCUT2D eigenvalue weighted by atomic mass is 16.9. The molecule has 170 valence electrons. The van der Waals surface area contributed by atoms with Crippen LogP contribution in [-0.4, -0.2) is 56.1 Å². The predicted molar refractivity (Wildman–Crippen MR) is 108 cm³/mol. The molecule has 0 fully saturated rings. The summed E-state index contributed by atoms with van der Waals surface area (Å²) >= 11 is 0. The lowest BCUT2D eigenvalue weighted by atomic mass is 10.2. The summed E-state index contributed by atoms with van der Waals surface area (Å²) in [6.45, 7) is 14.8. The van der Waals surface area contributed by atoms with Crippen LogP contribution in [0.4, 0.5) is 0 Å². The Morgan fingerprint density at radius 2 is 1.13 bits per heavy atom. The van der Waals surface area contributed by atoms with E-state index < -0.39 is 36.3 Å². The molecule has 0 aromatic rings. The van der Waals surface area contributed by atoms with E-state index in [1.165, 1.54) is 0 Å². The molecule has 0 bridgehead atoms. The van der Waals surface area contributed by atoms with E-state index in [4.69, 9.17) is 28.4 Å². The summed E-state index contributed by atoms with van der Waals surface area (Å²) in [5.74, 6) is -7.39. The van der Waals surface area contributed by atoms with Gasteiger partial charge in [0.1, 0.15) is 0 Å². The highest BCUT2D eigenvalue weighted by Gasteiger charge is 2.64. The molecule has 0 aliphatic carbocycles. The Balaban J connectivity index is 6.65. The van der Waals surface area contributed by atoms with Crippen molar-refractivity contribution in [2.45, 2.75) is 51.8 Å². The molecule has 30 heavy (non-hydrogen) atoms. The number of rotatable bonds is 17. The Labute approximate surface area is 177 Å². The normalized spacial score (nSPS) is 12.9. The van der Waals surface area contributed by atoms with Crippen LogP contribution in [-0.2, 0) is 42.8 Å². The molecular weight excluding hydrogens is 396 g/mol. The zero-order valence-electron chi connectivity index (χ0n) is 18.0. The van der Waals surface area contributed by atoms with Gasteiger partial charge in [0.05, 0.1) is 19.8 Å². The van der Waals surface area contributed by atoms with E-state index in [-0.39, 0.29) is 19.8 Å². The van der Waals surface area contributed by atoms with Crippen LogP contribution in [0.2, 0.25) is 0 Å².